The van der Waals surface area contributed by atoms with Gasteiger partial charge in [-0.25, -0.2) is 0 Å². The topological polar surface area (TPSA) is 29.3 Å². The molecule has 2 heteroatoms. The van der Waals surface area contributed by atoms with Crippen LogP contribution in [0.5, 0.6) is 0 Å². The van der Waals surface area contributed by atoms with E-state index in [0.717, 1.165) is 31.6 Å². The summed E-state index contributed by atoms with van der Waals surface area (Å²) in [6.45, 7) is 13.8. The summed E-state index contributed by atoms with van der Waals surface area (Å²) in [4.78, 5) is 2.23. The lowest BCUT2D eigenvalue weighted by Gasteiger charge is -2.34. The van der Waals surface area contributed by atoms with E-state index in [1.807, 2.05) is 36.4 Å². The molecule has 1 unspecified atom stereocenters. The average Bonchev–Trinajstić information content (AvgIpc) is 2.40. The number of hydrogen-bond acceptors (Lipinski definition) is 2. The maximum absolute atomic E-state index is 6.61. The van der Waals surface area contributed by atoms with Crippen LogP contribution in [0.15, 0.2) is 68.3 Å². The normalized spacial score (nSPS) is 13.8. The van der Waals surface area contributed by atoms with Crippen molar-refractivity contribution in [2.75, 3.05) is 19.6 Å². The summed E-state index contributed by atoms with van der Waals surface area (Å²) in [5.41, 5.74) is 7.32. The standard InChI is InChI=1S/C17H24N2/c1-4-12-17(18,16-10-8-7-9-11-16)15-19(13-5-2)14-6-3/h4-11H,1-3,12-15,18H2. The lowest BCUT2D eigenvalue weighted by molar-refractivity contribution is 0.246. The van der Waals surface area contributed by atoms with E-state index in [-0.39, 0.29) is 0 Å². The lowest BCUT2D eigenvalue weighted by atomic mass is 9.87. The lowest BCUT2D eigenvalue weighted by Crippen LogP contribution is -2.47. The fraction of sp³-hybridized carbons (Fsp3) is 0.294. The maximum atomic E-state index is 6.61. The van der Waals surface area contributed by atoms with E-state index >= 15 is 0 Å². The zero-order chi connectivity index (χ0) is 14.1. The molecule has 0 aromatic heterocycles. The molecule has 1 aromatic rings. The predicted molar refractivity (Wildman–Crippen MR) is 84.0 cm³/mol. The Labute approximate surface area is 116 Å². The minimum atomic E-state index is -0.422. The third-order valence-corrected chi connectivity index (χ3v) is 3.14. The first-order chi connectivity index (χ1) is 9.16. The minimum Gasteiger partial charge on any atom is -0.320 e. The van der Waals surface area contributed by atoms with Crippen molar-refractivity contribution in [2.24, 2.45) is 5.73 Å². The van der Waals surface area contributed by atoms with Gasteiger partial charge in [0.05, 0.1) is 5.54 Å². The highest BCUT2D eigenvalue weighted by molar-refractivity contribution is 5.25. The van der Waals surface area contributed by atoms with Crippen molar-refractivity contribution in [2.45, 2.75) is 12.0 Å². The fourth-order valence-corrected chi connectivity index (χ4v) is 2.27. The Hall–Kier alpha value is -1.64. The van der Waals surface area contributed by atoms with Gasteiger partial charge in [-0.15, -0.1) is 19.7 Å². The molecule has 0 aliphatic heterocycles. The van der Waals surface area contributed by atoms with Crippen molar-refractivity contribution < 1.29 is 0 Å². The summed E-state index contributed by atoms with van der Waals surface area (Å²) < 4.78 is 0. The van der Waals surface area contributed by atoms with Crippen LogP contribution in [0.25, 0.3) is 0 Å². The molecule has 1 aromatic carbocycles. The van der Waals surface area contributed by atoms with Gasteiger partial charge in [0.25, 0.3) is 0 Å². The van der Waals surface area contributed by atoms with Gasteiger partial charge in [-0.1, -0.05) is 48.6 Å². The number of hydrogen-bond donors (Lipinski definition) is 1. The monoisotopic (exact) mass is 256 g/mol. The van der Waals surface area contributed by atoms with Crippen LogP contribution in [0.1, 0.15) is 12.0 Å². The Bertz CT molecular complexity index is 401. The van der Waals surface area contributed by atoms with Crippen LogP contribution in [0, 0.1) is 0 Å². The predicted octanol–water partition coefficient (Wildman–Crippen LogP) is 3.09. The molecule has 0 fully saturated rings. The molecule has 0 spiro atoms. The SMILES string of the molecule is C=CCN(CC=C)CC(N)(CC=C)c1ccccc1. The first-order valence-corrected chi connectivity index (χ1v) is 6.55. The van der Waals surface area contributed by atoms with Gasteiger partial charge in [-0.2, -0.15) is 0 Å². The zero-order valence-electron chi connectivity index (χ0n) is 11.6. The Morgan fingerprint density at radius 3 is 2.05 bits per heavy atom. The van der Waals surface area contributed by atoms with E-state index in [4.69, 9.17) is 5.73 Å². The van der Waals surface area contributed by atoms with Gasteiger partial charge >= 0.3 is 0 Å². The quantitative estimate of drug-likeness (QED) is 0.688. The van der Waals surface area contributed by atoms with Crippen LogP contribution < -0.4 is 5.73 Å². The van der Waals surface area contributed by atoms with Crippen molar-refractivity contribution in [3.05, 3.63) is 73.9 Å². The van der Waals surface area contributed by atoms with Crippen molar-refractivity contribution in [1.29, 1.82) is 0 Å². The van der Waals surface area contributed by atoms with Gasteiger partial charge < -0.3 is 5.73 Å². The highest BCUT2D eigenvalue weighted by Gasteiger charge is 2.27. The summed E-state index contributed by atoms with van der Waals surface area (Å²) in [5, 5.41) is 0. The van der Waals surface area contributed by atoms with Crippen LogP contribution in [-0.4, -0.2) is 24.5 Å². The van der Waals surface area contributed by atoms with Crippen molar-refractivity contribution in [1.82, 2.24) is 4.90 Å². The molecule has 0 saturated heterocycles. The highest BCUT2D eigenvalue weighted by Crippen LogP contribution is 2.24. The van der Waals surface area contributed by atoms with Crippen molar-refractivity contribution >= 4 is 0 Å². The van der Waals surface area contributed by atoms with E-state index in [0.29, 0.717) is 0 Å². The third kappa shape index (κ3) is 4.51. The number of nitrogens with zero attached hydrogens (tertiary/aromatic N) is 1. The Kier molecular flexibility index (Phi) is 6.26. The Balaban J connectivity index is 2.94. The van der Waals surface area contributed by atoms with E-state index in [1.165, 1.54) is 0 Å². The summed E-state index contributed by atoms with van der Waals surface area (Å²) in [7, 11) is 0. The summed E-state index contributed by atoms with van der Waals surface area (Å²) >= 11 is 0. The molecule has 0 amide bonds. The van der Waals surface area contributed by atoms with Crippen molar-refractivity contribution in [3.8, 4) is 0 Å². The average molecular weight is 256 g/mol. The molecule has 2 N–H and O–H groups in total. The van der Waals surface area contributed by atoms with E-state index in [1.54, 1.807) is 0 Å². The molecule has 0 heterocycles. The number of benzene rings is 1. The third-order valence-electron chi connectivity index (χ3n) is 3.14. The Morgan fingerprint density at radius 1 is 1.00 bits per heavy atom. The van der Waals surface area contributed by atoms with E-state index in [9.17, 15) is 0 Å². The molecule has 0 aliphatic carbocycles. The first-order valence-electron chi connectivity index (χ1n) is 6.55. The second kappa shape index (κ2) is 7.72. The van der Waals surface area contributed by atoms with E-state index < -0.39 is 5.54 Å². The fourth-order valence-electron chi connectivity index (χ4n) is 2.27. The second-order valence-corrected chi connectivity index (χ2v) is 4.79. The van der Waals surface area contributed by atoms with Crippen LogP contribution in [0.3, 0.4) is 0 Å². The van der Waals surface area contributed by atoms with Crippen LogP contribution in [0.4, 0.5) is 0 Å². The van der Waals surface area contributed by atoms with Gasteiger partial charge in [0.2, 0.25) is 0 Å². The van der Waals surface area contributed by atoms with Crippen LogP contribution >= 0.6 is 0 Å². The van der Waals surface area contributed by atoms with Gasteiger partial charge in [-0.3, -0.25) is 4.90 Å². The number of rotatable bonds is 9. The zero-order valence-corrected chi connectivity index (χ0v) is 11.6. The molecule has 2 nitrogen and oxygen atoms in total. The second-order valence-electron chi connectivity index (χ2n) is 4.79. The molecule has 19 heavy (non-hydrogen) atoms. The van der Waals surface area contributed by atoms with Crippen LogP contribution in [-0.2, 0) is 5.54 Å². The van der Waals surface area contributed by atoms with Gasteiger partial charge in [-0.05, 0) is 12.0 Å². The highest BCUT2D eigenvalue weighted by atomic mass is 15.1. The summed E-state index contributed by atoms with van der Waals surface area (Å²) in [6.07, 6.45) is 6.40. The van der Waals surface area contributed by atoms with Gasteiger partial charge in [0, 0.05) is 19.6 Å². The minimum absolute atomic E-state index is 0.422. The van der Waals surface area contributed by atoms with Gasteiger partial charge in [0.15, 0.2) is 0 Å². The molecular formula is C17H24N2. The molecule has 0 bridgehead atoms. The maximum Gasteiger partial charge on any atom is 0.0573 e. The van der Waals surface area contributed by atoms with Crippen LogP contribution in [0.2, 0.25) is 0 Å². The molecule has 1 rings (SSSR count). The molecule has 0 radical (unpaired) electrons. The van der Waals surface area contributed by atoms with Crippen molar-refractivity contribution in [3.63, 3.8) is 0 Å². The van der Waals surface area contributed by atoms with Gasteiger partial charge in [0.1, 0.15) is 0 Å². The largest absolute Gasteiger partial charge is 0.320 e. The smallest absolute Gasteiger partial charge is 0.0573 e. The molecule has 0 aliphatic rings. The Morgan fingerprint density at radius 2 is 1.58 bits per heavy atom. The molecular weight excluding hydrogens is 232 g/mol. The van der Waals surface area contributed by atoms with E-state index in [2.05, 4.69) is 36.8 Å². The first kappa shape index (κ1) is 15.4. The molecule has 1 atom stereocenters. The summed E-state index contributed by atoms with van der Waals surface area (Å²) in [5.74, 6) is 0. The number of nitrogens with two attached hydrogens (primary N) is 1. The molecule has 102 valence electrons. The summed E-state index contributed by atoms with van der Waals surface area (Å²) in [6, 6.07) is 10.2. The molecule has 0 saturated carbocycles.